The van der Waals surface area contributed by atoms with Gasteiger partial charge in [-0.3, -0.25) is 0 Å². The van der Waals surface area contributed by atoms with Crippen LogP contribution >= 0.6 is 11.3 Å². The summed E-state index contributed by atoms with van der Waals surface area (Å²) in [7, 11) is 2.19. The maximum Gasteiger partial charge on any atom is 0.0519 e. The van der Waals surface area contributed by atoms with Crippen LogP contribution in [-0.4, -0.2) is 13.6 Å². The van der Waals surface area contributed by atoms with Gasteiger partial charge in [-0.1, -0.05) is 38.1 Å². The summed E-state index contributed by atoms with van der Waals surface area (Å²) >= 11 is 1.82. The van der Waals surface area contributed by atoms with Crippen LogP contribution in [0.1, 0.15) is 43.2 Å². The quantitative estimate of drug-likeness (QED) is 0.751. The van der Waals surface area contributed by atoms with Gasteiger partial charge >= 0.3 is 0 Å². The molecule has 0 spiro atoms. The summed E-state index contributed by atoms with van der Waals surface area (Å²) in [5, 5.41) is 5.81. The molecule has 2 rings (SSSR count). The lowest BCUT2D eigenvalue weighted by Gasteiger charge is -2.26. The molecule has 114 valence electrons. The summed E-state index contributed by atoms with van der Waals surface area (Å²) in [4.78, 5) is 3.76. The molecule has 0 saturated heterocycles. The van der Waals surface area contributed by atoms with Gasteiger partial charge < -0.3 is 10.2 Å². The van der Waals surface area contributed by atoms with Gasteiger partial charge in [-0.2, -0.15) is 0 Å². The van der Waals surface area contributed by atoms with Crippen molar-refractivity contribution < 1.29 is 0 Å². The molecular weight excluding hydrogens is 276 g/mol. The van der Waals surface area contributed by atoms with Crippen molar-refractivity contribution in [2.24, 2.45) is 0 Å². The Morgan fingerprint density at radius 3 is 2.62 bits per heavy atom. The molecule has 0 bridgehead atoms. The van der Waals surface area contributed by atoms with E-state index < -0.39 is 0 Å². The minimum Gasteiger partial charge on any atom is -0.369 e. The van der Waals surface area contributed by atoms with E-state index in [1.165, 1.54) is 22.5 Å². The van der Waals surface area contributed by atoms with Gasteiger partial charge in [0.15, 0.2) is 0 Å². The molecule has 1 N–H and O–H groups in total. The van der Waals surface area contributed by atoms with E-state index in [0.717, 1.165) is 19.5 Å². The zero-order valence-corrected chi connectivity index (χ0v) is 14.1. The maximum atomic E-state index is 3.67. The summed E-state index contributed by atoms with van der Waals surface area (Å²) < 4.78 is 0. The zero-order chi connectivity index (χ0) is 15.1. The zero-order valence-electron chi connectivity index (χ0n) is 13.3. The van der Waals surface area contributed by atoms with Crippen molar-refractivity contribution in [3.05, 3.63) is 52.2 Å². The van der Waals surface area contributed by atoms with Crippen molar-refractivity contribution in [2.75, 3.05) is 18.5 Å². The molecule has 0 amide bonds. The first-order chi connectivity index (χ1) is 10.3. The smallest absolute Gasteiger partial charge is 0.0519 e. The van der Waals surface area contributed by atoms with E-state index >= 15 is 0 Å². The number of para-hydroxylation sites is 1. The van der Waals surface area contributed by atoms with Crippen LogP contribution in [0.5, 0.6) is 0 Å². The highest BCUT2D eigenvalue weighted by Gasteiger charge is 2.15. The van der Waals surface area contributed by atoms with Gasteiger partial charge in [-0.15, -0.1) is 11.3 Å². The first-order valence-corrected chi connectivity index (χ1v) is 8.70. The van der Waals surface area contributed by atoms with Gasteiger partial charge in [0, 0.05) is 23.7 Å². The molecule has 0 saturated carbocycles. The second-order valence-corrected chi connectivity index (χ2v) is 6.44. The lowest BCUT2D eigenvalue weighted by Crippen LogP contribution is -2.25. The summed E-state index contributed by atoms with van der Waals surface area (Å²) in [5.74, 6) is 0. The van der Waals surface area contributed by atoms with Crippen LogP contribution in [0.25, 0.3) is 0 Å². The monoisotopic (exact) mass is 302 g/mol. The van der Waals surface area contributed by atoms with E-state index in [1.807, 2.05) is 11.3 Å². The minimum absolute atomic E-state index is 0.437. The molecule has 1 aromatic carbocycles. The second kappa shape index (κ2) is 8.20. The Morgan fingerprint density at radius 2 is 1.95 bits per heavy atom. The molecule has 1 unspecified atom stereocenters. The Kier molecular flexibility index (Phi) is 6.27. The third-order valence-electron chi connectivity index (χ3n) is 3.75. The maximum absolute atomic E-state index is 3.67. The Morgan fingerprint density at radius 1 is 1.14 bits per heavy atom. The molecule has 0 fully saturated rings. The van der Waals surface area contributed by atoms with E-state index in [4.69, 9.17) is 0 Å². The van der Waals surface area contributed by atoms with Crippen molar-refractivity contribution in [3.63, 3.8) is 0 Å². The molecule has 0 aliphatic rings. The number of nitrogens with zero attached hydrogens (tertiary/aromatic N) is 1. The summed E-state index contributed by atoms with van der Waals surface area (Å²) in [6.45, 7) is 6.51. The third-order valence-corrected chi connectivity index (χ3v) is 4.61. The van der Waals surface area contributed by atoms with E-state index in [0.29, 0.717) is 6.04 Å². The van der Waals surface area contributed by atoms with Crippen molar-refractivity contribution >= 4 is 17.0 Å². The highest BCUT2D eigenvalue weighted by molar-refractivity contribution is 7.09. The number of thiophene rings is 1. The molecule has 3 heteroatoms. The van der Waals surface area contributed by atoms with Crippen LogP contribution in [0.4, 0.5) is 5.69 Å². The molecule has 0 aliphatic carbocycles. The average molecular weight is 302 g/mol. The number of hydrogen-bond donors (Lipinski definition) is 1. The van der Waals surface area contributed by atoms with Crippen molar-refractivity contribution in [2.45, 2.75) is 39.3 Å². The largest absolute Gasteiger partial charge is 0.369 e. The molecule has 2 aromatic rings. The Bertz CT molecular complexity index is 522. The van der Waals surface area contributed by atoms with Gasteiger partial charge in [0.05, 0.1) is 6.54 Å². The van der Waals surface area contributed by atoms with Crippen LogP contribution in [-0.2, 0) is 6.54 Å². The fourth-order valence-corrected chi connectivity index (χ4v) is 3.40. The molecule has 1 heterocycles. The SMILES string of the molecule is CCCNC(CC)c1ccccc1N(C)Cc1cccs1. The number of hydrogen-bond acceptors (Lipinski definition) is 3. The van der Waals surface area contributed by atoms with Gasteiger partial charge in [-0.25, -0.2) is 0 Å². The molecule has 0 radical (unpaired) electrons. The first kappa shape index (κ1) is 16.1. The summed E-state index contributed by atoms with van der Waals surface area (Å²) in [6, 6.07) is 13.5. The molecule has 1 atom stereocenters. The van der Waals surface area contributed by atoms with Gasteiger partial charge in [0.2, 0.25) is 0 Å². The lowest BCUT2D eigenvalue weighted by molar-refractivity contribution is 0.518. The van der Waals surface area contributed by atoms with Crippen molar-refractivity contribution in [3.8, 4) is 0 Å². The number of benzene rings is 1. The van der Waals surface area contributed by atoms with Crippen LogP contribution in [0.3, 0.4) is 0 Å². The van der Waals surface area contributed by atoms with Crippen molar-refractivity contribution in [1.29, 1.82) is 0 Å². The van der Waals surface area contributed by atoms with Gasteiger partial charge in [-0.05, 0) is 42.5 Å². The van der Waals surface area contributed by atoms with Crippen LogP contribution in [0.2, 0.25) is 0 Å². The normalized spacial score (nSPS) is 12.3. The standard InChI is InChI=1S/C18H26N2S/c1-4-12-19-17(5-2)16-10-6-7-11-18(16)20(3)14-15-9-8-13-21-15/h6-11,13,17,19H,4-5,12,14H2,1-3H3. The van der Waals surface area contributed by atoms with E-state index in [9.17, 15) is 0 Å². The van der Waals surface area contributed by atoms with E-state index in [-0.39, 0.29) is 0 Å². The second-order valence-electron chi connectivity index (χ2n) is 5.41. The number of rotatable bonds is 8. The van der Waals surface area contributed by atoms with E-state index in [2.05, 4.69) is 72.9 Å². The average Bonchev–Trinajstić information content (AvgIpc) is 3.01. The highest BCUT2D eigenvalue weighted by atomic mass is 32.1. The predicted octanol–water partition coefficient (Wildman–Crippen LogP) is 4.84. The molecular formula is C18H26N2S. The van der Waals surface area contributed by atoms with Crippen molar-refractivity contribution in [1.82, 2.24) is 5.32 Å². The molecule has 1 aromatic heterocycles. The number of nitrogens with one attached hydrogen (secondary N) is 1. The Labute approximate surface area is 132 Å². The van der Waals surface area contributed by atoms with Gasteiger partial charge in [0.25, 0.3) is 0 Å². The third kappa shape index (κ3) is 4.32. The molecule has 0 aliphatic heterocycles. The topological polar surface area (TPSA) is 15.3 Å². The van der Waals surface area contributed by atoms with Crippen LogP contribution in [0, 0.1) is 0 Å². The predicted molar refractivity (Wildman–Crippen MR) is 94.2 cm³/mol. The van der Waals surface area contributed by atoms with E-state index in [1.54, 1.807) is 0 Å². The lowest BCUT2D eigenvalue weighted by atomic mass is 10.0. The first-order valence-electron chi connectivity index (χ1n) is 7.82. The minimum atomic E-state index is 0.437. The Hall–Kier alpha value is -1.32. The fourth-order valence-electron chi connectivity index (χ4n) is 2.64. The molecule has 2 nitrogen and oxygen atoms in total. The highest BCUT2D eigenvalue weighted by Crippen LogP contribution is 2.29. The van der Waals surface area contributed by atoms with Gasteiger partial charge in [0.1, 0.15) is 0 Å². The fraction of sp³-hybridized carbons (Fsp3) is 0.444. The summed E-state index contributed by atoms with van der Waals surface area (Å²) in [6.07, 6.45) is 2.29. The number of anilines is 1. The van der Waals surface area contributed by atoms with Crippen LogP contribution < -0.4 is 10.2 Å². The Balaban J connectivity index is 2.18. The van der Waals surface area contributed by atoms with Crippen LogP contribution in [0.15, 0.2) is 41.8 Å². The molecule has 21 heavy (non-hydrogen) atoms. The summed E-state index contributed by atoms with van der Waals surface area (Å²) in [5.41, 5.74) is 2.74.